The molecule has 8 nitrogen and oxygen atoms in total. The van der Waals surface area contributed by atoms with E-state index in [4.69, 9.17) is 0 Å². The Labute approximate surface area is 158 Å². The number of benzene rings is 1. The van der Waals surface area contributed by atoms with Gasteiger partial charge in [-0.25, -0.2) is 14.8 Å². The smallest absolute Gasteiger partial charge is 0.337 e. The maximum Gasteiger partial charge on any atom is 0.337 e. The van der Waals surface area contributed by atoms with Gasteiger partial charge in [-0.3, -0.25) is 4.79 Å². The van der Waals surface area contributed by atoms with Crippen LogP contribution in [0.3, 0.4) is 0 Å². The zero-order valence-corrected chi connectivity index (χ0v) is 15.5. The van der Waals surface area contributed by atoms with Crippen LogP contribution in [0.15, 0.2) is 36.5 Å². The number of hydrogen-bond donors (Lipinski definition) is 1. The first-order valence-electron chi connectivity index (χ1n) is 8.90. The van der Waals surface area contributed by atoms with Gasteiger partial charge >= 0.3 is 5.97 Å². The topological polar surface area (TPSA) is 87.7 Å². The maximum atomic E-state index is 12.5. The summed E-state index contributed by atoms with van der Waals surface area (Å²) in [6.45, 7) is 6.79. The number of ether oxygens (including phenoxy) is 1. The molecular weight excluding hydrogens is 346 g/mol. The van der Waals surface area contributed by atoms with E-state index < -0.39 is 5.97 Å². The standard InChI is InChI=1S/C19H23N5O3/c1-3-23-10-12-24(13-11-23)19-20-9-8-16(22-19)17(25)21-15-6-4-14(5-7-15)18(26)27-2/h4-9H,3,10-13H2,1-2H3,(H,21,25). The molecule has 0 bridgehead atoms. The molecule has 2 aromatic rings. The Kier molecular flexibility index (Phi) is 5.97. The van der Waals surface area contributed by atoms with Crippen LogP contribution in [0.1, 0.15) is 27.8 Å². The van der Waals surface area contributed by atoms with Gasteiger partial charge < -0.3 is 19.9 Å². The lowest BCUT2D eigenvalue weighted by atomic mass is 10.2. The highest BCUT2D eigenvalue weighted by Crippen LogP contribution is 2.14. The molecule has 142 valence electrons. The third-order valence-corrected chi connectivity index (χ3v) is 4.54. The number of methoxy groups -OCH3 is 1. The third-order valence-electron chi connectivity index (χ3n) is 4.54. The molecule has 8 heteroatoms. The largest absolute Gasteiger partial charge is 0.465 e. The molecule has 0 saturated carbocycles. The van der Waals surface area contributed by atoms with E-state index in [1.807, 2.05) is 0 Å². The maximum absolute atomic E-state index is 12.5. The third kappa shape index (κ3) is 4.59. The molecule has 1 aliphatic rings. The van der Waals surface area contributed by atoms with Crippen molar-refractivity contribution in [3.63, 3.8) is 0 Å². The zero-order chi connectivity index (χ0) is 19.2. The van der Waals surface area contributed by atoms with Gasteiger partial charge in [0.05, 0.1) is 12.7 Å². The van der Waals surface area contributed by atoms with Crippen molar-refractivity contribution in [1.29, 1.82) is 0 Å². The first kappa shape index (κ1) is 18.8. The Morgan fingerprint density at radius 1 is 1.11 bits per heavy atom. The number of esters is 1. The second-order valence-corrected chi connectivity index (χ2v) is 6.19. The predicted octanol–water partition coefficient (Wildman–Crippen LogP) is 1.66. The Morgan fingerprint density at radius 3 is 2.44 bits per heavy atom. The average molecular weight is 369 g/mol. The van der Waals surface area contributed by atoms with Crippen molar-refractivity contribution in [2.24, 2.45) is 0 Å². The summed E-state index contributed by atoms with van der Waals surface area (Å²) in [4.78, 5) is 37.1. The number of carbonyl (C=O) groups excluding carboxylic acids is 2. The molecule has 27 heavy (non-hydrogen) atoms. The van der Waals surface area contributed by atoms with Crippen molar-refractivity contribution in [3.8, 4) is 0 Å². The normalized spacial score (nSPS) is 14.7. The summed E-state index contributed by atoms with van der Waals surface area (Å²) in [7, 11) is 1.33. The Bertz CT molecular complexity index is 801. The second kappa shape index (κ2) is 8.59. The van der Waals surface area contributed by atoms with E-state index in [-0.39, 0.29) is 5.91 Å². The minimum absolute atomic E-state index is 0.301. The molecule has 1 N–H and O–H groups in total. The number of piperazine rings is 1. The van der Waals surface area contributed by atoms with Crippen molar-refractivity contribution in [2.75, 3.05) is 50.1 Å². The van der Waals surface area contributed by atoms with Crippen LogP contribution in [0.2, 0.25) is 0 Å². The van der Waals surface area contributed by atoms with E-state index in [9.17, 15) is 9.59 Å². The van der Waals surface area contributed by atoms with E-state index in [1.54, 1.807) is 36.5 Å². The van der Waals surface area contributed by atoms with E-state index in [0.717, 1.165) is 32.7 Å². The van der Waals surface area contributed by atoms with Gasteiger partial charge in [0.15, 0.2) is 0 Å². The zero-order valence-electron chi connectivity index (χ0n) is 15.5. The number of nitrogens with one attached hydrogen (secondary N) is 1. The van der Waals surface area contributed by atoms with Crippen LogP contribution < -0.4 is 10.2 Å². The van der Waals surface area contributed by atoms with Crippen LogP contribution >= 0.6 is 0 Å². The summed E-state index contributed by atoms with van der Waals surface area (Å²) in [6, 6.07) is 8.08. The van der Waals surface area contributed by atoms with Crippen molar-refractivity contribution in [3.05, 3.63) is 47.8 Å². The quantitative estimate of drug-likeness (QED) is 0.802. The second-order valence-electron chi connectivity index (χ2n) is 6.19. The minimum Gasteiger partial charge on any atom is -0.465 e. The fourth-order valence-corrected chi connectivity index (χ4v) is 2.89. The first-order chi connectivity index (χ1) is 13.1. The number of carbonyl (C=O) groups is 2. The number of amides is 1. The van der Waals surface area contributed by atoms with Gasteiger partial charge in [0, 0.05) is 38.1 Å². The number of aromatic nitrogens is 2. The molecule has 0 spiro atoms. The highest BCUT2D eigenvalue weighted by molar-refractivity contribution is 6.03. The molecular formula is C19H23N5O3. The fraction of sp³-hybridized carbons (Fsp3) is 0.368. The molecule has 1 fully saturated rings. The summed E-state index contributed by atoms with van der Waals surface area (Å²) in [5.74, 6) is -0.174. The first-order valence-corrected chi connectivity index (χ1v) is 8.90. The van der Waals surface area contributed by atoms with Gasteiger partial charge in [0.1, 0.15) is 5.69 Å². The Morgan fingerprint density at radius 2 is 1.81 bits per heavy atom. The molecule has 2 heterocycles. The average Bonchev–Trinajstić information content (AvgIpc) is 2.74. The summed E-state index contributed by atoms with van der Waals surface area (Å²) < 4.78 is 4.66. The van der Waals surface area contributed by atoms with Gasteiger partial charge in [-0.15, -0.1) is 0 Å². The highest BCUT2D eigenvalue weighted by Gasteiger charge is 2.19. The SMILES string of the molecule is CCN1CCN(c2nccc(C(=O)Nc3ccc(C(=O)OC)cc3)n2)CC1. The number of hydrogen-bond acceptors (Lipinski definition) is 7. The summed E-state index contributed by atoms with van der Waals surface area (Å²) in [6.07, 6.45) is 1.60. The highest BCUT2D eigenvalue weighted by atomic mass is 16.5. The molecule has 0 radical (unpaired) electrons. The van der Waals surface area contributed by atoms with Crippen LogP contribution in [-0.2, 0) is 4.74 Å². The fourth-order valence-electron chi connectivity index (χ4n) is 2.89. The van der Waals surface area contributed by atoms with Gasteiger partial charge in [0.2, 0.25) is 5.95 Å². The van der Waals surface area contributed by atoms with Crippen LogP contribution in [-0.4, -0.2) is 66.6 Å². The Hall–Kier alpha value is -3.00. The molecule has 1 aliphatic heterocycles. The van der Waals surface area contributed by atoms with Gasteiger partial charge in [-0.1, -0.05) is 6.92 Å². The molecule has 1 amide bonds. The van der Waals surface area contributed by atoms with E-state index >= 15 is 0 Å². The number of nitrogens with zero attached hydrogens (tertiary/aromatic N) is 4. The molecule has 3 rings (SSSR count). The molecule has 0 atom stereocenters. The number of likely N-dealkylation sites (N-methyl/N-ethyl adjacent to an activating group) is 1. The monoisotopic (exact) mass is 369 g/mol. The Balaban J connectivity index is 1.66. The lowest BCUT2D eigenvalue weighted by Crippen LogP contribution is -2.46. The number of rotatable bonds is 5. The molecule has 1 saturated heterocycles. The van der Waals surface area contributed by atoms with Crippen molar-refractivity contribution in [1.82, 2.24) is 14.9 Å². The van der Waals surface area contributed by atoms with E-state index in [0.29, 0.717) is 22.9 Å². The van der Waals surface area contributed by atoms with Crippen LogP contribution in [0.5, 0.6) is 0 Å². The van der Waals surface area contributed by atoms with Crippen LogP contribution in [0, 0.1) is 0 Å². The lowest BCUT2D eigenvalue weighted by molar-refractivity contribution is 0.0600. The summed E-state index contributed by atoms with van der Waals surface area (Å²) in [5, 5.41) is 2.78. The van der Waals surface area contributed by atoms with Crippen molar-refractivity contribution in [2.45, 2.75) is 6.92 Å². The molecule has 0 unspecified atom stereocenters. The summed E-state index contributed by atoms with van der Waals surface area (Å²) in [5.41, 5.74) is 1.30. The minimum atomic E-state index is -0.420. The van der Waals surface area contributed by atoms with E-state index in [2.05, 4.69) is 36.7 Å². The van der Waals surface area contributed by atoms with E-state index in [1.165, 1.54) is 7.11 Å². The van der Waals surface area contributed by atoms with Crippen LogP contribution in [0.4, 0.5) is 11.6 Å². The van der Waals surface area contributed by atoms with Gasteiger partial charge in [-0.2, -0.15) is 0 Å². The predicted molar refractivity (Wildman–Crippen MR) is 102 cm³/mol. The number of anilines is 2. The van der Waals surface area contributed by atoms with Gasteiger partial charge in [-0.05, 0) is 36.9 Å². The molecule has 0 aliphatic carbocycles. The van der Waals surface area contributed by atoms with Crippen molar-refractivity contribution >= 4 is 23.5 Å². The van der Waals surface area contributed by atoms with Crippen LogP contribution in [0.25, 0.3) is 0 Å². The molecule has 1 aromatic carbocycles. The van der Waals surface area contributed by atoms with Gasteiger partial charge in [0.25, 0.3) is 5.91 Å². The van der Waals surface area contributed by atoms with Crippen molar-refractivity contribution < 1.29 is 14.3 Å². The summed E-state index contributed by atoms with van der Waals surface area (Å²) >= 11 is 0. The molecule has 1 aromatic heterocycles. The lowest BCUT2D eigenvalue weighted by Gasteiger charge is -2.34.